The zero-order valence-electron chi connectivity index (χ0n) is 7.84. The van der Waals surface area contributed by atoms with E-state index in [-0.39, 0.29) is 0 Å². The molecule has 1 aromatic rings. The van der Waals surface area contributed by atoms with Crippen molar-refractivity contribution in [2.75, 3.05) is 13.7 Å². The highest BCUT2D eigenvalue weighted by Gasteiger charge is 2.13. The van der Waals surface area contributed by atoms with E-state index in [2.05, 4.69) is 15.9 Å². The van der Waals surface area contributed by atoms with Crippen LogP contribution in [0.3, 0.4) is 0 Å². The van der Waals surface area contributed by atoms with E-state index in [0.29, 0.717) is 23.1 Å². The predicted molar refractivity (Wildman–Crippen MR) is 55.6 cm³/mol. The first-order valence-electron chi connectivity index (χ1n) is 4.27. The van der Waals surface area contributed by atoms with Crippen molar-refractivity contribution in [3.8, 4) is 0 Å². The fraction of sp³-hybridized carbons (Fsp3) is 0.400. The first-order valence-corrected chi connectivity index (χ1v) is 5.07. The van der Waals surface area contributed by atoms with Gasteiger partial charge >= 0.3 is 0 Å². The molecule has 0 aliphatic carbocycles. The third kappa shape index (κ3) is 2.77. The van der Waals surface area contributed by atoms with Gasteiger partial charge < -0.3 is 9.84 Å². The van der Waals surface area contributed by atoms with Gasteiger partial charge in [0.2, 0.25) is 0 Å². The minimum absolute atomic E-state index is 0.302. The van der Waals surface area contributed by atoms with Crippen molar-refractivity contribution >= 4 is 15.9 Å². The monoisotopic (exact) mass is 262 g/mol. The molecule has 0 aromatic heterocycles. The molecule has 1 aromatic carbocycles. The maximum absolute atomic E-state index is 13.4. The van der Waals surface area contributed by atoms with Crippen LogP contribution in [0.25, 0.3) is 0 Å². The first kappa shape index (κ1) is 11.6. The minimum atomic E-state index is -0.813. The van der Waals surface area contributed by atoms with Crippen LogP contribution in [0.15, 0.2) is 22.7 Å². The molecule has 0 heterocycles. The zero-order chi connectivity index (χ0) is 10.6. The summed E-state index contributed by atoms with van der Waals surface area (Å²) in [5.41, 5.74) is 0.302. The maximum atomic E-state index is 13.4. The largest absolute Gasteiger partial charge is 0.388 e. The predicted octanol–water partition coefficient (Wildman–Crippen LogP) is 2.66. The van der Waals surface area contributed by atoms with Gasteiger partial charge in [-0.3, -0.25) is 0 Å². The third-order valence-corrected chi connectivity index (χ3v) is 2.55. The van der Waals surface area contributed by atoms with Gasteiger partial charge in [-0.05, 0) is 22.0 Å². The van der Waals surface area contributed by atoms with Crippen molar-refractivity contribution in [3.63, 3.8) is 0 Å². The highest BCUT2D eigenvalue weighted by molar-refractivity contribution is 9.10. The number of hydrogen-bond donors (Lipinski definition) is 1. The molecule has 1 rings (SSSR count). The lowest BCUT2D eigenvalue weighted by Crippen LogP contribution is -2.04. The molecule has 0 bridgehead atoms. The van der Waals surface area contributed by atoms with Crippen LogP contribution in [0.1, 0.15) is 18.1 Å². The van der Waals surface area contributed by atoms with Crippen LogP contribution in [0, 0.1) is 5.82 Å². The number of aliphatic hydroxyl groups is 1. The number of aliphatic hydroxyl groups excluding tert-OH is 1. The van der Waals surface area contributed by atoms with Crippen molar-refractivity contribution in [3.05, 3.63) is 34.1 Å². The second-order valence-corrected chi connectivity index (χ2v) is 3.79. The summed E-state index contributed by atoms with van der Waals surface area (Å²) in [6.07, 6.45) is -0.420. The van der Waals surface area contributed by atoms with Gasteiger partial charge in [0.05, 0.1) is 10.6 Å². The fourth-order valence-electron chi connectivity index (χ4n) is 1.16. The molecular formula is C10H12BrFO2. The molecule has 0 aliphatic heterocycles. The molecule has 0 fully saturated rings. The van der Waals surface area contributed by atoms with Crippen LogP contribution in [0.5, 0.6) is 0 Å². The zero-order valence-corrected chi connectivity index (χ0v) is 9.42. The van der Waals surface area contributed by atoms with Gasteiger partial charge in [0.25, 0.3) is 0 Å². The molecule has 14 heavy (non-hydrogen) atoms. The summed E-state index contributed by atoms with van der Waals surface area (Å²) in [7, 11) is 1.55. The number of ether oxygens (including phenoxy) is 1. The van der Waals surface area contributed by atoms with Crippen molar-refractivity contribution < 1.29 is 14.2 Å². The molecule has 1 atom stereocenters. The molecule has 1 N–H and O–H groups in total. The molecule has 2 nitrogen and oxygen atoms in total. The SMILES string of the molecule is COCCC(O)c1cccc(Br)c1F. The van der Waals surface area contributed by atoms with Gasteiger partial charge in [-0.1, -0.05) is 12.1 Å². The van der Waals surface area contributed by atoms with Crippen molar-refractivity contribution in [1.82, 2.24) is 0 Å². The Bertz CT molecular complexity index is 304. The molecule has 0 aliphatic rings. The normalized spacial score (nSPS) is 12.9. The number of methoxy groups -OCH3 is 1. The van der Waals surface area contributed by atoms with Gasteiger partial charge in [0.1, 0.15) is 5.82 Å². The summed E-state index contributed by atoms with van der Waals surface area (Å²) in [5.74, 6) is -0.406. The Morgan fingerprint density at radius 2 is 2.29 bits per heavy atom. The molecule has 1 unspecified atom stereocenters. The van der Waals surface area contributed by atoms with E-state index >= 15 is 0 Å². The smallest absolute Gasteiger partial charge is 0.143 e. The van der Waals surface area contributed by atoms with Gasteiger partial charge in [0, 0.05) is 25.7 Å². The Kier molecular flexibility index (Phi) is 4.51. The Balaban J connectivity index is 2.79. The molecule has 0 amide bonds. The van der Waals surface area contributed by atoms with Crippen molar-refractivity contribution in [1.29, 1.82) is 0 Å². The van der Waals surface area contributed by atoms with E-state index in [9.17, 15) is 9.50 Å². The summed E-state index contributed by atoms with van der Waals surface area (Å²) < 4.78 is 18.6. The average Bonchev–Trinajstić information content (AvgIpc) is 2.18. The summed E-state index contributed by atoms with van der Waals surface area (Å²) in [4.78, 5) is 0. The Hall–Kier alpha value is -0.450. The van der Waals surface area contributed by atoms with E-state index < -0.39 is 11.9 Å². The van der Waals surface area contributed by atoms with E-state index in [0.717, 1.165) is 0 Å². The van der Waals surface area contributed by atoms with Crippen LogP contribution < -0.4 is 0 Å². The molecule has 0 saturated heterocycles. The van der Waals surface area contributed by atoms with Crippen LogP contribution in [-0.2, 0) is 4.74 Å². The Morgan fingerprint density at radius 1 is 1.57 bits per heavy atom. The van der Waals surface area contributed by atoms with Crippen LogP contribution in [0.4, 0.5) is 4.39 Å². The number of benzene rings is 1. The average molecular weight is 263 g/mol. The van der Waals surface area contributed by atoms with Crippen LogP contribution in [-0.4, -0.2) is 18.8 Å². The number of hydrogen-bond acceptors (Lipinski definition) is 2. The molecular weight excluding hydrogens is 251 g/mol. The summed E-state index contributed by atoms with van der Waals surface area (Å²) in [6, 6.07) is 4.86. The van der Waals surface area contributed by atoms with E-state index in [1.54, 1.807) is 25.3 Å². The van der Waals surface area contributed by atoms with Crippen molar-refractivity contribution in [2.45, 2.75) is 12.5 Å². The topological polar surface area (TPSA) is 29.5 Å². The van der Waals surface area contributed by atoms with Gasteiger partial charge in [-0.15, -0.1) is 0 Å². The molecule has 0 spiro atoms. The van der Waals surface area contributed by atoms with Gasteiger partial charge in [-0.25, -0.2) is 4.39 Å². The number of halogens is 2. The summed E-state index contributed by atoms with van der Waals surface area (Å²) in [5, 5.41) is 9.62. The van der Waals surface area contributed by atoms with E-state index in [1.807, 2.05) is 0 Å². The quantitative estimate of drug-likeness (QED) is 0.904. The molecule has 4 heteroatoms. The standard InChI is InChI=1S/C10H12BrFO2/c1-14-6-5-9(13)7-3-2-4-8(11)10(7)12/h2-4,9,13H,5-6H2,1H3. The van der Waals surface area contributed by atoms with Crippen molar-refractivity contribution in [2.24, 2.45) is 0 Å². The van der Waals surface area contributed by atoms with Gasteiger partial charge in [-0.2, -0.15) is 0 Å². The second-order valence-electron chi connectivity index (χ2n) is 2.94. The fourth-order valence-corrected chi connectivity index (χ4v) is 1.54. The minimum Gasteiger partial charge on any atom is -0.388 e. The molecule has 78 valence electrons. The lowest BCUT2D eigenvalue weighted by Gasteiger charge is -2.11. The lowest BCUT2D eigenvalue weighted by molar-refractivity contribution is 0.108. The maximum Gasteiger partial charge on any atom is 0.143 e. The summed E-state index contributed by atoms with van der Waals surface area (Å²) >= 11 is 3.07. The molecule has 0 radical (unpaired) electrons. The van der Waals surface area contributed by atoms with Crippen LogP contribution in [0.2, 0.25) is 0 Å². The lowest BCUT2D eigenvalue weighted by atomic mass is 10.1. The summed E-state index contributed by atoms with van der Waals surface area (Å²) in [6.45, 7) is 0.410. The van der Waals surface area contributed by atoms with Gasteiger partial charge in [0.15, 0.2) is 0 Å². The number of rotatable bonds is 4. The van der Waals surface area contributed by atoms with E-state index in [1.165, 1.54) is 0 Å². The first-order chi connectivity index (χ1) is 6.66. The van der Waals surface area contributed by atoms with E-state index in [4.69, 9.17) is 4.74 Å². The Morgan fingerprint density at radius 3 is 2.93 bits per heavy atom. The second kappa shape index (κ2) is 5.44. The van der Waals surface area contributed by atoms with Crippen LogP contribution >= 0.6 is 15.9 Å². The third-order valence-electron chi connectivity index (χ3n) is 1.94. The Labute approximate surface area is 90.8 Å². The highest BCUT2D eigenvalue weighted by Crippen LogP contribution is 2.25. The molecule has 0 saturated carbocycles. The highest BCUT2D eigenvalue weighted by atomic mass is 79.9.